The van der Waals surface area contributed by atoms with Crippen LogP contribution in [0.2, 0.25) is 10.0 Å². The van der Waals surface area contributed by atoms with Gasteiger partial charge < -0.3 is 15.5 Å². The molecule has 1 aliphatic rings. The molecule has 0 radical (unpaired) electrons. The molecule has 1 atom stereocenters. The van der Waals surface area contributed by atoms with E-state index in [0.717, 1.165) is 27.8 Å². The van der Waals surface area contributed by atoms with Crippen molar-refractivity contribution >= 4 is 45.8 Å². The summed E-state index contributed by atoms with van der Waals surface area (Å²) < 4.78 is 0. The van der Waals surface area contributed by atoms with Crippen molar-refractivity contribution < 1.29 is 4.79 Å². The minimum absolute atomic E-state index is 0.360. The molecule has 154 valence electrons. The van der Waals surface area contributed by atoms with Crippen molar-refractivity contribution in [3.8, 4) is 11.1 Å². The zero-order valence-electron chi connectivity index (χ0n) is 16.4. The molecular weight excluding hydrogens is 421 g/mol. The number of hydrogen-bond acceptors (Lipinski definition) is 5. The summed E-state index contributed by atoms with van der Waals surface area (Å²) in [7, 11) is 0. The van der Waals surface area contributed by atoms with Crippen LogP contribution in [0.25, 0.3) is 22.0 Å². The molecular formula is C22H21Cl2N5O. The first kappa shape index (κ1) is 20.4. The summed E-state index contributed by atoms with van der Waals surface area (Å²) in [5.41, 5.74) is 8.24. The van der Waals surface area contributed by atoms with Gasteiger partial charge in [-0.05, 0) is 43.0 Å². The number of aromatic nitrogens is 2. The number of carbonyl (C=O) groups is 1. The standard InChI is InChI=1S/C22H21Cl2N5O/c1-2-7-28-8-9-29(12-20(28)21(25)30)22-17-10-16(14-3-5-15(23)6-4-14)18(24)11-19(17)26-13-27-22/h2-7,10-11,13,20H,8-9,12H2,1H3,(H2,25,30)/t20-/m0/s1. The van der Waals surface area contributed by atoms with Crippen LogP contribution in [0, 0.1) is 0 Å². The van der Waals surface area contributed by atoms with Crippen LogP contribution in [0.15, 0.2) is 55.0 Å². The fraction of sp³-hybridized carbons (Fsp3) is 0.227. The van der Waals surface area contributed by atoms with Crippen molar-refractivity contribution in [2.24, 2.45) is 5.73 Å². The van der Waals surface area contributed by atoms with Gasteiger partial charge in [-0.25, -0.2) is 9.97 Å². The summed E-state index contributed by atoms with van der Waals surface area (Å²) in [5, 5.41) is 2.13. The number of amides is 1. The highest BCUT2D eigenvalue weighted by atomic mass is 35.5. The molecule has 1 amide bonds. The average molecular weight is 442 g/mol. The number of nitrogens with two attached hydrogens (primary N) is 1. The number of anilines is 1. The van der Waals surface area contributed by atoms with Crippen LogP contribution in [0.5, 0.6) is 0 Å². The van der Waals surface area contributed by atoms with Crippen LogP contribution in [-0.4, -0.2) is 46.5 Å². The molecule has 2 aromatic carbocycles. The van der Waals surface area contributed by atoms with Crippen molar-refractivity contribution in [3.63, 3.8) is 0 Å². The van der Waals surface area contributed by atoms with Crippen LogP contribution in [0.3, 0.4) is 0 Å². The van der Waals surface area contributed by atoms with E-state index in [1.54, 1.807) is 0 Å². The number of fused-ring (bicyclic) bond motifs is 1. The highest BCUT2D eigenvalue weighted by molar-refractivity contribution is 6.34. The van der Waals surface area contributed by atoms with Crippen LogP contribution in [0.1, 0.15) is 6.92 Å². The van der Waals surface area contributed by atoms with E-state index in [1.807, 2.05) is 60.5 Å². The molecule has 0 unspecified atom stereocenters. The molecule has 0 spiro atoms. The predicted molar refractivity (Wildman–Crippen MR) is 122 cm³/mol. The molecule has 3 aromatic rings. The first-order valence-corrected chi connectivity index (χ1v) is 10.4. The van der Waals surface area contributed by atoms with E-state index in [1.165, 1.54) is 6.33 Å². The topological polar surface area (TPSA) is 75.3 Å². The Morgan fingerprint density at radius 3 is 2.63 bits per heavy atom. The maximum absolute atomic E-state index is 12.1. The van der Waals surface area contributed by atoms with Gasteiger partial charge >= 0.3 is 0 Å². The number of hydrogen-bond donors (Lipinski definition) is 1. The molecule has 1 aromatic heterocycles. The third-order valence-electron chi connectivity index (χ3n) is 5.25. The summed E-state index contributed by atoms with van der Waals surface area (Å²) in [6, 6.07) is 10.9. The molecule has 1 aliphatic heterocycles. The molecule has 1 saturated heterocycles. The van der Waals surface area contributed by atoms with Crippen LogP contribution < -0.4 is 10.6 Å². The molecule has 30 heavy (non-hydrogen) atoms. The predicted octanol–water partition coefficient (Wildman–Crippen LogP) is 4.11. The number of nitrogens with zero attached hydrogens (tertiary/aromatic N) is 4. The van der Waals surface area contributed by atoms with Crippen molar-refractivity contribution in [3.05, 3.63) is 65.0 Å². The molecule has 8 heteroatoms. The Morgan fingerprint density at radius 2 is 1.93 bits per heavy atom. The van der Waals surface area contributed by atoms with Crippen molar-refractivity contribution in [1.29, 1.82) is 0 Å². The molecule has 0 bridgehead atoms. The van der Waals surface area contributed by atoms with E-state index in [0.29, 0.717) is 29.7 Å². The largest absolute Gasteiger partial charge is 0.368 e. The van der Waals surface area contributed by atoms with Crippen LogP contribution in [0.4, 0.5) is 5.82 Å². The number of primary amides is 1. The number of allylic oxidation sites excluding steroid dienone is 1. The summed E-state index contributed by atoms with van der Waals surface area (Å²) >= 11 is 12.6. The molecule has 1 fully saturated rings. The second-order valence-electron chi connectivity index (χ2n) is 7.14. The number of carbonyl (C=O) groups excluding carboxylic acids is 1. The lowest BCUT2D eigenvalue weighted by molar-refractivity contribution is -0.122. The number of rotatable bonds is 4. The summed E-state index contributed by atoms with van der Waals surface area (Å²) in [6.45, 7) is 3.75. The average Bonchev–Trinajstić information content (AvgIpc) is 2.74. The van der Waals surface area contributed by atoms with Gasteiger partial charge in [-0.1, -0.05) is 41.4 Å². The Bertz CT molecular complexity index is 1120. The lowest BCUT2D eigenvalue weighted by atomic mass is 10.0. The second-order valence-corrected chi connectivity index (χ2v) is 7.98. The zero-order valence-corrected chi connectivity index (χ0v) is 17.9. The van der Waals surface area contributed by atoms with Crippen molar-refractivity contribution in [1.82, 2.24) is 14.9 Å². The molecule has 4 rings (SSSR count). The third-order valence-corrected chi connectivity index (χ3v) is 5.81. The second kappa shape index (κ2) is 8.50. The third kappa shape index (κ3) is 3.93. The van der Waals surface area contributed by atoms with E-state index in [4.69, 9.17) is 28.9 Å². The van der Waals surface area contributed by atoms with E-state index in [9.17, 15) is 4.79 Å². The van der Waals surface area contributed by atoms with Gasteiger partial charge in [0.15, 0.2) is 0 Å². The van der Waals surface area contributed by atoms with Crippen molar-refractivity contribution in [2.45, 2.75) is 13.0 Å². The van der Waals surface area contributed by atoms with Gasteiger partial charge in [-0.15, -0.1) is 0 Å². The van der Waals surface area contributed by atoms with Gasteiger partial charge in [-0.3, -0.25) is 4.79 Å². The van der Waals surface area contributed by atoms with E-state index in [2.05, 4.69) is 14.9 Å². The fourth-order valence-corrected chi connectivity index (χ4v) is 4.17. The summed E-state index contributed by atoms with van der Waals surface area (Å²) in [6.07, 6.45) is 5.34. The van der Waals surface area contributed by atoms with Crippen LogP contribution >= 0.6 is 23.2 Å². The van der Waals surface area contributed by atoms with Crippen LogP contribution in [-0.2, 0) is 4.79 Å². The maximum atomic E-state index is 12.1. The lowest BCUT2D eigenvalue weighted by Crippen LogP contribution is -2.56. The fourth-order valence-electron chi connectivity index (χ4n) is 3.78. The Hall–Kier alpha value is -2.83. The maximum Gasteiger partial charge on any atom is 0.241 e. The smallest absolute Gasteiger partial charge is 0.241 e. The van der Waals surface area contributed by atoms with Gasteiger partial charge in [0.1, 0.15) is 18.2 Å². The molecule has 6 nitrogen and oxygen atoms in total. The SMILES string of the molecule is CC=CN1CCN(c2ncnc3cc(Cl)c(-c4ccc(Cl)cc4)cc23)C[C@H]1C(N)=O. The van der Waals surface area contributed by atoms with Crippen molar-refractivity contribution in [2.75, 3.05) is 24.5 Å². The van der Waals surface area contributed by atoms with E-state index < -0.39 is 6.04 Å². The molecule has 2 N–H and O–H groups in total. The van der Waals surface area contributed by atoms with Gasteiger partial charge in [0.05, 0.1) is 10.5 Å². The normalized spacial score (nSPS) is 17.1. The first-order chi connectivity index (χ1) is 14.5. The summed E-state index contributed by atoms with van der Waals surface area (Å²) in [4.78, 5) is 25.0. The number of benzene rings is 2. The first-order valence-electron chi connectivity index (χ1n) is 9.61. The van der Waals surface area contributed by atoms with Gasteiger partial charge in [-0.2, -0.15) is 0 Å². The zero-order chi connectivity index (χ0) is 21.3. The monoisotopic (exact) mass is 441 g/mol. The van der Waals surface area contributed by atoms with Gasteiger partial charge in [0.25, 0.3) is 0 Å². The van der Waals surface area contributed by atoms with E-state index in [-0.39, 0.29) is 5.91 Å². The minimum atomic E-state index is -0.428. The molecule has 0 aliphatic carbocycles. The number of halogens is 2. The highest BCUT2D eigenvalue weighted by Crippen LogP contribution is 2.35. The Kier molecular flexibility index (Phi) is 5.79. The Labute approximate surface area is 184 Å². The highest BCUT2D eigenvalue weighted by Gasteiger charge is 2.30. The Morgan fingerprint density at radius 1 is 1.17 bits per heavy atom. The quantitative estimate of drug-likeness (QED) is 0.658. The Balaban J connectivity index is 1.77. The minimum Gasteiger partial charge on any atom is -0.368 e. The lowest BCUT2D eigenvalue weighted by Gasteiger charge is -2.40. The molecule has 2 heterocycles. The van der Waals surface area contributed by atoms with Gasteiger partial charge in [0.2, 0.25) is 5.91 Å². The number of piperazine rings is 1. The summed E-state index contributed by atoms with van der Waals surface area (Å²) in [5.74, 6) is 0.402. The van der Waals surface area contributed by atoms with Gasteiger partial charge in [0, 0.05) is 35.6 Å². The van der Waals surface area contributed by atoms with E-state index >= 15 is 0 Å². The molecule has 0 saturated carbocycles.